The number of benzene rings is 1. The molecule has 1 heterocycles. The van der Waals surface area contributed by atoms with Gasteiger partial charge in [0.25, 0.3) is 5.91 Å². The summed E-state index contributed by atoms with van der Waals surface area (Å²) in [7, 11) is 3.22. The molecule has 5 heteroatoms. The number of para-hydroxylation sites is 2. The van der Waals surface area contributed by atoms with Gasteiger partial charge in [-0.2, -0.15) is 5.26 Å². The van der Waals surface area contributed by atoms with Gasteiger partial charge in [-0.05, 0) is 24.3 Å². The molecule has 1 amide bonds. The fraction of sp³-hybridized carbons (Fsp3) is 0.133. The van der Waals surface area contributed by atoms with E-state index in [9.17, 15) is 4.79 Å². The van der Waals surface area contributed by atoms with Gasteiger partial charge in [0.15, 0.2) is 0 Å². The van der Waals surface area contributed by atoms with Crippen molar-refractivity contribution in [2.75, 3.05) is 19.1 Å². The van der Waals surface area contributed by atoms with Crippen molar-refractivity contribution in [3.63, 3.8) is 0 Å². The lowest BCUT2D eigenvalue weighted by molar-refractivity contribution is 0.0992. The number of carbonyl (C=O) groups is 1. The Hall–Kier alpha value is -2.87. The zero-order valence-electron chi connectivity index (χ0n) is 11.2. The van der Waals surface area contributed by atoms with Gasteiger partial charge in [-0.25, -0.2) is 4.98 Å². The molecule has 0 spiro atoms. The molecule has 5 nitrogen and oxygen atoms in total. The van der Waals surface area contributed by atoms with Crippen molar-refractivity contribution >= 4 is 11.6 Å². The smallest absolute Gasteiger partial charge is 0.259 e. The quantitative estimate of drug-likeness (QED) is 0.855. The zero-order valence-corrected chi connectivity index (χ0v) is 11.2. The van der Waals surface area contributed by atoms with E-state index >= 15 is 0 Å². The Kier molecular flexibility index (Phi) is 3.96. The molecule has 100 valence electrons. The number of amides is 1. The number of ether oxygens (including phenoxy) is 1. The minimum absolute atomic E-state index is 0.216. The number of hydrogen-bond donors (Lipinski definition) is 0. The second kappa shape index (κ2) is 5.85. The van der Waals surface area contributed by atoms with Crippen LogP contribution < -0.4 is 9.64 Å². The van der Waals surface area contributed by atoms with Crippen molar-refractivity contribution in [2.24, 2.45) is 0 Å². The Labute approximate surface area is 117 Å². The third-order valence-corrected chi connectivity index (χ3v) is 2.88. The van der Waals surface area contributed by atoms with Crippen LogP contribution in [0, 0.1) is 11.3 Å². The van der Waals surface area contributed by atoms with E-state index in [1.807, 2.05) is 18.2 Å². The van der Waals surface area contributed by atoms with Crippen LogP contribution in [-0.4, -0.2) is 25.0 Å². The van der Waals surface area contributed by atoms with Crippen LogP contribution in [0.5, 0.6) is 5.75 Å². The van der Waals surface area contributed by atoms with Gasteiger partial charge in [0.05, 0.1) is 18.4 Å². The number of nitriles is 1. The van der Waals surface area contributed by atoms with Gasteiger partial charge in [0, 0.05) is 13.2 Å². The van der Waals surface area contributed by atoms with Gasteiger partial charge >= 0.3 is 0 Å². The van der Waals surface area contributed by atoms with Crippen LogP contribution in [0.1, 0.15) is 16.1 Å². The highest BCUT2D eigenvalue weighted by Crippen LogP contribution is 2.27. The molecule has 1 aromatic carbocycles. The number of pyridine rings is 1. The van der Waals surface area contributed by atoms with Crippen LogP contribution in [0.4, 0.5) is 5.69 Å². The predicted molar refractivity (Wildman–Crippen MR) is 74.7 cm³/mol. The molecule has 0 saturated carbocycles. The van der Waals surface area contributed by atoms with Crippen LogP contribution in [0.25, 0.3) is 0 Å². The lowest BCUT2D eigenvalue weighted by Crippen LogP contribution is -2.26. The summed E-state index contributed by atoms with van der Waals surface area (Å²) < 4.78 is 5.24. The molecule has 0 saturated heterocycles. The Morgan fingerprint density at radius 1 is 1.30 bits per heavy atom. The largest absolute Gasteiger partial charge is 0.495 e. The van der Waals surface area contributed by atoms with Gasteiger partial charge in [-0.15, -0.1) is 0 Å². The molecular weight excluding hydrogens is 254 g/mol. The monoisotopic (exact) mass is 267 g/mol. The first-order valence-corrected chi connectivity index (χ1v) is 5.94. The Balaban J connectivity index is 2.30. The van der Waals surface area contributed by atoms with Crippen LogP contribution in [0.3, 0.4) is 0 Å². The SMILES string of the molecule is COc1ccccc1N(C)C(=O)c1ccc(C#N)nc1. The summed E-state index contributed by atoms with van der Waals surface area (Å²) in [6.07, 6.45) is 1.40. The second-order valence-electron chi connectivity index (χ2n) is 4.08. The van der Waals surface area contributed by atoms with Crippen molar-refractivity contribution in [2.45, 2.75) is 0 Å². The molecular formula is C15H13N3O2. The molecule has 1 aromatic heterocycles. The van der Waals surface area contributed by atoms with Crippen molar-refractivity contribution in [1.29, 1.82) is 5.26 Å². The minimum atomic E-state index is -0.216. The number of hydrogen-bond acceptors (Lipinski definition) is 4. The molecule has 0 aliphatic heterocycles. The molecule has 0 aliphatic carbocycles. The number of methoxy groups -OCH3 is 1. The highest BCUT2D eigenvalue weighted by molar-refractivity contribution is 6.06. The average molecular weight is 267 g/mol. The van der Waals surface area contributed by atoms with Gasteiger partial charge in [-0.1, -0.05) is 12.1 Å². The fourth-order valence-electron chi connectivity index (χ4n) is 1.80. The lowest BCUT2D eigenvalue weighted by atomic mass is 10.2. The van der Waals surface area contributed by atoms with E-state index < -0.39 is 0 Å². The third-order valence-electron chi connectivity index (χ3n) is 2.88. The summed E-state index contributed by atoms with van der Waals surface area (Å²) in [5.41, 5.74) is 1.36. The van der Waals surface area contributed by atoms with Gasteiger partial charge in [0.1, 0.15) is 17.5 Å². The third kappa shape index (κ3) is 2.59. The maximum absolute atomic E-state index is 12.4. The molecule has 0 N–H and O–H groups in total. The number of rotatable bonds is 3. The van der Waals surface area contributed by atoms with E-state index in [1.54, 1.807) is 32.4 Å². The van der Waals surface area contributed by atoms with Crippen LogP contribution >= 0.6 is 0 Å². The summed E-state index contributed by atoms with van der Waals surface area (Å²) in [5.74, 6) is 0.399. The summed E-state index contributed by atoms with van der Waals surface area (Å²) in [4.78, 5) is 17.7. The Bertz CT molecular complexity index is 660. The first-order valence-electron chi connectivity index (χ1n) is 5.94. The molecule has 2 aromatic rings. The standard InChI is InChI=1S/C15H13N3O2/c1-18(13-5-3-4-6-14(13)20-2)15(19)11-7-8-12(9-16)17-10-11/h3-8,10H,1-2H3. The first-order chi connectivity index (χ1) is 9.67. The molecule has 20 heavy (non-hydrogen) atoms. The maximum atomic E-state index is 12.4. The molecule has 0 fully saturated rings. The van der Waals surface area contributed by atoms with E-state index in [-0.39, 0.29) is 11.6 Å². The molecule has 0 radical (unpaired) electrons. The second-order valence-corrected chi connectivity index (χ2v) is 4.08. The molecule has 0 unspecified atom stereocenters. The van der Waals surface area contributed by atoms with Crippen molar-refractivity contribution in [3.05, 3.63) is 53.9 Å². The summed E-state index contributed by atoms with van der Waals surface area (Å²) in [5, 5.41) is 8.70. The number of carbonyl (C=O) groups excluding carboxylic acids is 1. The number of aromatic nitrogens is 1. The van der Waals surface area contributed by atoms with Crippen molar-refractivity contribution in [3.8, 4) is 11.8 Å². The Morgan fingerprint density at radius 3 is 2.65 bits per heavy atom. The molecule has 0 bridgehead atoms. The van der Waals surface area contributed by atoms with E-state index in [0.717, 1.165) is 0 Å². The average Bonchev–Trinajstić information content (AvgIpc) is 2.53. The minimum Gasteiger partial charge on any atom is -0.495 e. The zero-order chi connectivity index (χ0) is 14.5. The summed E-state index contributed by atoms with van der Waals surface area (Å²) in [6, 6.07) is 12.3. The molecule has 0 atom stereocenters. The fourth-order valence-corrected chi connectivity index (χ4v) is 1.80. The van der Waals surface area contributed by atoms with Gasteiger partial charge in [0.2, 0.25) is 0 Å². The van der Waals surface area contributed by atoms with Crippen LogP contribution in [-0.2, 0) is 0 Å². The Morgan fingerprint density at radius 2 is 2.05 bits per heavy atom. The van der Waals surface area contributed by atoms with E-state index in [1.165, 1.54) is 17.2 Å². The molecule has 2 rings (SSSR count). The highest BCUT2D eigenvalue weighted by atomic mass is 16.5. The highest BCUT2D eigenvalue weighted by Gasteiger charge is 2.16. The number of anilines is 1. The summed E-state index contributed by atoms with van der Waals surface area (Å²) in [6.45, 7) is 0. The van der Waals surface area contributed by atoms with E-state index in [2.05, 4.69) is 4.98 Å². The topological polar surface area (TPSA) is 66.2 Å². The first kappa shape index (κ1) is 13.6. The van der Waals surface area contributed by atoms with Crippen LogP contribution in [0.15, 0.2) is 42.6 Å². The van der Waals surface area contributed by atoms with Gasteiger partial charge < -0.3 is 9.64 Å². The maximum Gasteiger partial charge on any atom is 0.259 e. The van der Waals surface area contributed by atoms with Crippen molar-refractivity contribution in [1.82, 2.24) is 4.98 Å². The van der Waals surface area contributed by atoms with Gasteiger partial charge in [-0.3, -0.25) is 4.79 Å². The van der Waals surface area contributed by atoms with Crippen molar-refractivity contribution < 1.29 is 9.53 Å². The number of nitrogens with zero attached hydrogens (tertiary/aromatic N) is 3. The summed E-state index contributed by atoms with van der Waals surface area (Å²) >= 11 is 0. The van der Waals surface area contributed by atoms with E-state index in [0.29, 0.717) is 17.0 Å². The normalized spacial score (nSPS) is 9.65. The van der Waals surface area contributed by atoms with E-state index in [4.69, 9.17) is 10.00 Å². The lowest BCUT2D eigenvalue weighted by Gasteiger charge is -2.19. The van der Waals surface area contributed by atoms with Crippen LogP contribution in [0.2, 0.25) is 0 Å². The predicted octanol–water partition coefficient (Wildman–Crippen LogP) is 2.24. The molecule has 0 aliphatic rings.